The van der Waals surface area contributed by atoms with Crippen molar-refractivity contribution in [2.75, 3.05) is 0 Å². The number of hydrogen-bond acceptors (Lipinski definition) is 2. The lowest BCUT2D eigenvalue weighted by atomic mass is 9.96. The fourth-order valence-electron chi connectivity index (χ4n) is 1.30. The van der Waals surface area contributed by atoms with Gasteiger partial charge in [0.15, 0.2) is 0 Å². The quantitative estimate of drug-likeness (QED) is 0.580. The molecule has 0 amide bonds. The maximum Gasteiger partial charge on any atom is 0.404 e. The Morgan fingerprint density at radius 3 is 2.64 bits per heavy atom. The first-order valence-corrected chi connectivity index (χ1v) is 4.08. The van der Waals surface area contributed by atoms with Crippen molar-refractivity contribution in [2.45, 2.75) is 38.0 Å². The Morgan fingerprint density at radius 2 is 2.09 bits per heavy atom. The van der Waals surface area contributed by atoms with Gasteiger partial charge in [-0.25, -0.2) is 9.18 Å². The summed E-state index contributed by atoms with van der Waals surface area (Å²) >= 11 is 4.95. The van der Waals surface area contributed by atoms with Gasteiger partial charge in [0.2, 0.25) is 0 Å². The zero-order valence-electron chi connectivity index (χ0n) is 6.06. The maximum atomic E-state index is 12.9. The molecule has 0 aromatic rings. The Balaban J connectivity index is 2.35. The number of carbonyl (C=O) groups excluding carboxylic acids is 1. The molecule has 0 N–H and O–H groups in total. The molecular weight excluding hydrogens is 171 g/mol. The van der Waals surface area contributed by atoms with Gasteiger partial charge in [0.05, 0.1) is 0 Å². The van der Waals surface area contributed by atoms with Gasteiger partial charge in [-0.05, 0) is 19.3 Å². The third-order valence-electron chi connectivity index (χ3n) is 1.87. The van der Waals surface area contributed by atoms with E-state index in [1.165, 1.54) is 0 Å². The van der Waals surface area contributed by atoms with Crippen LogP contribution in [-0.2, 0) is 4.74 Å². The molecule has 0 heterocycles. The van der Waals surface area contributed by atoms with Crippen LogP contribution in [0.4, 0.5) is 9.18 Å². The summed E-state index contributed by atoms with van der Waals surface area (Å²) in [6, 6.07) is 0. The van der Waals surface area contributed by atoms with Gasteiger partial charge in [-0.2, -0.15) is 0 Å². The van der Waals surface area contributed by atoms with Crippen LogP contribution in [0.3, 0.4) is 0 Å². The zero-order chi connectivity index (χ0) is 8.27. The molecule has 1 rings (SSSR count). The van der Waals surface area contributed by atoms with Gasteiger partial charge in [0.1, 0.15) is 12.3 Å². The third-order valence-corrected chi connectivity index (χ3v) is 1.96. The van der Waals surface area contributed by atoms with E-state index in [1.54, 1.807) is 0 Å². The van der Waals surface area contributed by atoms with Gasteiger partial charge >= 0.3 is 5.43 Å². The number of halogens is 2. The Labute approximate surface area is 69.7 Å². The van der Waals surface area contributed by atoms with Crippen LogP contribution in [0.25, 0.3) is 0 Å². The fraction of sp³-hybridized carbons (Fsp3) is 0.857. The summed E-state index contributed by atoms with van der Waals surface area (Å²) in [5.74, 6) is 0. The molecule has 2 nitrogen and oxygen atoms in total. The molecule has 64 valence electrons. The molecule has 0 radical (unpaired) electrons. The molecular formula is C7H10ClFO2. The van der Waals surface area contributed by atoms with Crippen LogP contribution >= 0.6 is 11.6 Å². The monoisotopic (exact) mass is 180 g/mol. The topological polar surface area (TPSA) is 26.3 Å². The zero-order valence-corrected chi connectivity index (χ0v) is 6.81. The van der Waals surface area contributed by atoms with E-state index in [2.05, 4.69) is 4.74 Å². The summed E-state index contributed by atoms with van der Waals surface area (Å²) in [7, 11) is 0. The molecule has 11 heavy (non-hydrogen) atoms. The SMILES string of the molecule is O=C(Cl)O[C@@H]1CCCC[C@H]1F. The number of rotatable bonds is 1. The summed E-state index contributed by atoms with van der Waals surface area (Å²) < 4.78 is 17.4. The average molecular weight is 181 g/mol. The molecule has 1 aliphatic carbocycles. The minimum Gasteiger partial charge on any atom is -0.447 e. The van der Waals surface area contributed by atoms with Crippen LogP contribution in [0, 0.1) is 0 Å². The number of carbonyl (C=O) groups is 1. The van der Waals surface area contributed by atoms with E-state index in [1.807, 2.05) is 0 Å². The molecule has 1 fully saturated rings. The Kier molecular flexibility index (Phi) is 3.12. The van der Waals surface area contributed by atoms with Gasteiger partial charge in [0, 0.05) is 11.6 Å². The summed E-state index contributed by atoms with van der Waals surface area (Å²) in [4.78, 5) is 10.2. The van der Waals surface area contributed by atoms with Crippen LogP contribution < -0.4 is 0 Å². The fourth-order valence-corrected chi connectivity index (χ4v) is 1.42. The van der Waals surface area contributed by atoms with E-state index in [0.717, 1.165) is 12.8 Å². The molecule has 0 unspecified atom stereocenters. The van der Waals surface area contributed by atoms with Crippen molar-refractivity contribution in [1.29, 1.82) is 0 Å². The van der Waals surface area contributed by atoms with Crippen molar-refractivity contribution in [3.63, 3.8) is 0 Å². The second-order valence-electron chi connectivity index (χ2n) is 2.69. The van der Waals surface area contributed by atoms with Crippen molar-refractivity contribution in [3.05, 3.63) is 0 Å². The Morgan fingerprint density at radius 1 is 1.45 bits per heavy atom. The van der Waals surface area contributed by atoms with E-state index >= 15 is 0 Å². The van der Waals surface area contributed by atoms with E-state index in [9.17, 15) is 9.18 Å². The average Bonchev–Trinajstić information content (AvgIpc) is 1.93. The summed E-state index contributed by atoms with van der Waals surface area (Å²) in [5.41, 5.74) is -0.903. The standard InChI is InChI=1S/C7H10ClFO2/c8-7(10)11-6-4-2-1-3-5(6)9/h5-6H,1-4H2/t5-,6-/m1/s1. The van der Waals surface area contributed by atoms with Crippen LogP contribution in [-0.4, -0.2) is 17.7 Å². The Bertz CT molecular complexity index is 151. The van der Waals surface area contributed by atoms with E-state index in [0.29, 0.717) is 12.8 Å². The van der Waals surface area contributed by atoms with Crippen LogP contribution in [0.15, 0.2) is 0 Å². The molecule has 1 saturated carbocycles. The lowest BCUT2D eigenvalue weighted by Gasteiger charge is -2.24. The second kappa shape index (κ2) is 3.90. The van der Waals surface area contributed by atoms with Gasteiger partial charge in [-0.1, -0.05) is 6.42 Å². The number of hydrogen-bond donors (Lipinski definition) is 0. The summed E-state index contributed by atoms with van der Waals surface area (Å²) in [6.45, 7) is 0. The van der Waals surface area contributed by atoms with Gasteiger partial charge in [-0.15, -0.1) is 0 Å². The first kappa shape index (κ1) is 8.78. The molecule has 0 saturated heterocycles. The normalized spacial score (nSPS) is 31.5. The van der Waals surface area contributed by atoms with Gasteiger partial charge in [-0.3, -0.25) is 0 Å². The summed E-state index contributed by atoms with van der Waals surface area (Å²) in [5, 5.41) is 0. The molecule has 4 heteroatoms. The van der Waals surface area contributed by atoms with Crippen LogP contribution in [0.1, 0.15) is 25.7 Å². The van der Waals surface area contributed by atoms with E-state index in [4.69, 9.17) is 11.6 Å². The number of ether oxygens (including phenoxy) is 1. The van der Waals surface area contributed by atoms with Crippen molar-refractivity contribution in [2.24, 2.45) is 0 Å². The molecule has 0 bridgehead atoms. The smallest absolute Gasteiger partial charge is 0.404 e. The highest BCUT2D eigenvalue weighted by molar-refractivity contribution is 6.61. The van der Waals surface area contributed by atoms with Crippen LogP contribution in [0.2, 0.25) is 0 Å². The first-order valence-electron chi connectivity index (χ1n) is 3.70. The van der Waals surface area contributed by atoms with E-state index < -0.39 is 17.7 Å². The lowest BCUT2D eigenvalue weighted by Crippen LogP contribution is -2.29. The van der Waals surface area contributed by atoms with Gasteiger partial charge < -0.3 is 4.74 Å². The highest BCUT2D eigenvalue weighted by Crippen LogP contribution is 2.24. The van der Waals surface area contributed by atoms with Crippen molar-refractivity contribution >= 4 is 17.0 Å². The summed E-state index contributed by atoms with van der Waals surface area (Å²) in [6.07, 6.45) is 1.24. The van der Waals surface area contributed by atoms with Crippen molar-refractivity contribution in [1.82, 2.24) is 0 Å². The minimum absolute atomic E-state index is 0.481. The Hall–Kier alpha value is -0.310. The van der Waals surface area contributed by atoms with E-state index in [-0.39, 0.29) is 0 Å². The molecule has 1 aliphatic rings. The molecule has 0 aromatic carbocycles. The predicted molar refractivity (Wildman–Crippen MR) is 39.5 cm³/mol. The number of alkyl halides is 1. The third kappa shape index (κ3) is 2.66. The molecule has 0 spiro atoms. The predicted octanol–water partition coefficient (Wildman–Crippen LogP) is 2.64. The molecule has 0 aliphatic heterocycles. The molecule has 2 atom stereocenters. The second-order valence-corrected chi connectivity index (χ2v) is 3.00. The van der Waals surface area contributed by atoms with Gasteiger partial charge in [0.25, 0.3) is 0 Å². The minimum atomic E-state index is -1.02. The van der Waals surface area contributed by atoms with Crippen LogP contribution in [0.5, 0.6) is 0 Å². The first-order chi connectivity index (χ1) is 5.20. The largest absolute Gasteiger partial charge is 0.447 e. The maximum absolute atomic E-state index is 12.9. The van der Waals surface area contributed by atoms with Crippen molar-refractivity contribution in [3.8, 4) is 0 Å². The molecule has 0 aromatic heterocycles. The highest BCUT2D eigenvalue weighted by atomic mass is 35.5. The highest BCUT2D eigenvalue weighted by Gasteiger charge is 2.27. The van der Waals surface area contributed by atoms with Crippen molar-refractivity contribution < 1.29 is 13.9 Å². The lowest BCUT2D eigenvalue weighted by molar-refractivity contribution is 0.0328.